The molecule has 0 spiro atoms. The Balaban J connectivity index is 2.10. The zero-order valence-electron chi connectivity index (χ0n) is 13.8. The molecule has 2 aromatic rings. The van der Waals surface area contributed by atoms with Crippen molar-refractivity contribution in [2.75, 3.05) is 6.61 Å². The van der Waals surface area contributed by atoms with Crippen molar-refractivity contribution in [1.82, 2.24) is 10.2 Å². The maximum atomic E-state index is 9.59. The van der Waals surface area contributed by atoms with Gasteiger partial charge in [-0.25, -0.2) is 0 Å². The smallest absolute Gasteiger partial charge is 0.244 e. The predicted molar refractivity (Wildman–Crippen MR) is 89.5 cm³/mol. The molecule has 1 aromatic carbocycles. The van der Waals surface area contributed by atoms with Crippen molar-refractivity contribution in [2.45, 2.75) is 32.6 Å². The molecule has 1 aromatic heterocycles. The number of fused-ring (bicyclic) bond motifs is 1. The number of aromatic amines is 1. The minimum absolute atomic E-state index is 0.110. The summed E-state index contributed by atoms with van der Waals surface area (Å²) in [6, 6.07) is 9.91. The monoisotopic (exact) mass is 324 g/mol. The summed E-state index contributed by atoms with van der Waals surface area (Å²) in [6.07, 6.45) is 1.80. The Morgan fingerprint density at radius 2 is 2.08 bits per heavy atom. The van der Waals surface area contributed by atoms with Crippen LogP contribution in [0.3, 0.4) is 0 Å². The molecule has 1 aliphatic rings. The molecule has 3 N–H and O–H groups in total. The van der Waals surface area contributed by atoms with Gasteiger partial charge in [0.15, 0.2) is 0 Å². The van der Waals surface area contributed by atoms with Gasteiger partial charge in [0, 0.05) is 11.3 Å². The molecular formula is C18H20N4O2. The van der Waals surface area contributed by atoms with E-state index in [2.05, 4.69) is 23.2 Å². The molecule has 124 valence electrons. The van der Waals surface area contributed by atoms with Crippen LogP contribution < -0.4 is 15.2 Å². The lowest BCUT2D eigenvalue weighted by Gasteiger charge is -2.24. The third-order valence-electron chi connectivity index (χ3n) is 4.04. The number of benzene rings is 1. The summed E-state index contributed by atoms with van der Waals surface area (Å²) in [7, 11) is 0. The number of rotatable bonds is 5. The molecule has 3 rings (SSSR count). The predicted octanol–water partition coefficient (Wildman–Crippen LogP) is 2.98. The van der Waals surface area contributed by atoms with E-state index in [1.807, 2.05) is 31.2 Å². The summed E-state index contributed by atoms with van der Waals surface area (Å²) >= 11 is 0. The Morgan fingerprint density at radius 3 is 2.71 bits per heavy atom. The maximum absolute atomic E-state index is 9.59. The van der Waals surface area contributed by atoms with Crippen LogP contribution >= 0.6 is 0 Å². The molecule has 0 saturated heterocycles. The van der Waals surface area contributed by atoms with Gasteiger partial charge in [-0.05, 0) is 31.0 Å². The van der Waals surface area contributed by atoms with Crippen molar-refractivity contribution >= 4 is 0 Å². The van der Waals surface area contributed by atoms with Gasteiger partial charge in [0.25, 0.3) is 0 Å². The van der Waals surface area contributed by atoms with E-state index >= 15 is 0 Å². The summed E-state index contributed by atoms with van der Waals surface area (Å²) in [6.45, 7) is 4.65. The van der Waals surface area contributed by atoms with Crippen LogP contribution in [0.25, 0.3) is 0 Å². The van der Waals surface area contributed by atoms with Crippen molar-refractivity contribution in [3.63, 3.8) is 0 Å². The lowest BCUT2D eigenvalue weighted by molar-refractivity contribution is 0.340. The quantitative estimate of drug-likeness (QED) is 0.881. The lowest BCUT2D eigenvalue weighted by atomic mass is 9.83. The fourth-order valence-electron chi connectivity index (χ4n) is 3.01. The normalized spacial score (nSPS) is 16.3. The summed E-state index contributed by atoms with van der Waals surface area (Å²) in [4.78, 5) is 0. The van der Waals surface area contributed by atoms with Crippen molar-refractivity contribution in [3.8, 4) is 17.7 Å². The van der Waals surface area contributed by atoms with Crippen molar-refractivity contribution in [3.05, 3.63) is 52.5 Å². The van der Waals surface area contributed by atoms with Gasteiger partial charge in [-0.15, -0.1) is 5.10 Å². The molecule has 0 bridgehead atoms. The Morgan fingerprint density at radius 1 is 1.33 bits per heavy atom. The van der Waals surface area contributed by atoms with Gasteiger partial charge in [-0.2, -0.15) is 5.26 Å². The summed E-state index contributed by atoms with van der Waals surface area (Å²) in [5.41, 5.74) is 9.19. The summed E-state index contributed by atoms with van der Waals surface area (Å²) in [5.74, 6) is 1.08. The summed E-state index contributed by atoms with van der Waals surface area (Å²) in [5, 5.41) is 16.8. The molecule has 2 heterocycles. The molecule has 0 radical (unpaired) electrons. The molecule has 24 heavy (non-hydrogen) atoms. The highest BCUT2D eigenvalue weighted by molar-refractivity contribution is 5.55. The zero-order valence-corrected chi connectivity index (χ0v) is 13.8. The number of ether oxygens (including phenoxy) is 2. The van der Waals surface area contributed by atoms with Gasteiger partial charge in [-0.1, -0.05) is 25.5 Å². The fraction of sp³-hybridized carbons (Fsp3) is 0.333. The van der Waals surface area contributed by atoms with Gasteiger partial charge in [0.1, 0.15) is 17.4 Å². The first-order chi connectivity index (χ1) is 11.7. The molecule has 0 unspecified atom stereocenters. The third-order valence-corrected chi connectivity index (χ3v) is 4.04. The van der Waals surface area contributed by atoms with Crippen molar-refractivity contribution in [2.24, 2.45) is 5.73 Å². The second-order valence-corrected chi connectivity index (χ2v) is 5.60. The molecule has 0 aliphatic carbocycles. The van der Waals surface area contributed by atoms with Gasteiger partial charge in [0.05, 0.1) is 12.5 Å². The van der Waals surface area contributed by atoms with Crippen molar-refractivity contribution < 1.29 is 9.47 Å². The number of aromatic nitrogens is 2. The number of hydrogen-bond donors (Lipinski definition) is 2. The molecule has 0 saturated carbocycles. The van der Waals surface area contributed by atoms with Crippen LogP contribution in [0.1, 0.15) is 43.0 Å². The Hall–Kier alpha value is -2.94. The van der Waals surface area contributed by atoms with Gasteiger partial charge in [0.2, 0.25) is 11.8 Å². The van der Waals surface area contributed by atoms with E-state index in [9.17, 15) is 5.26 Å². The van der Waals surface area contributed by atoms with Crippen LogP contribution in [0.15, 0.2) is 35.7 Å². The Kier molecular flexibility index (Phi) is 4.43. The van der Waals surface area contributed by atoms with Gasteiger partial charge in [-0.3, -0.25) is 5.10 Å². The van der Waals surface area contributed by atoms with E-state index in [0.29, 0.717) is 18.1 Å². The van der Waals surface area contributed by atoms with E-state index in [4.69, 9.17) is 15.2 Å². The number of aryl methyl sites for hydroxylation is 1. The highest BCUT2D eigenvalue weighted by atomic mass is 16.5. The highest BCUT2D eigenvalue weighted by Crippen LogP contribution is 2.43. The minimum Gasteiger partial charge on any atom is -0.494 e. The SMILES string of the molecule is CCCc1[nH]nc2c1[C@@H](c1ccc(OCC)cc1)C(C#N)=C(N)O2. The minimum atomic E-state index is -0.283. The second kappa shape index (κ2) is 6.67. The van der Waals surface area contributed by atoms with Gasteiger partial charge < -0.3 is 15.2 Å². The van der Waals surface area contributed by atoms with Crippen LogP contribution in [0.5, 0.6) is 11.6 Å². The molecule has 1 atom stereocenters. The standard InChI is InChI=1S/C18H20N4O2/c1-3-5-14-16-15(11-6-8-12(9-7-11)23-4-2)13(10-19)17(20)24-18(16)22-21-14/h6-9,15H,3-5,20H2,1-2H3,(H,21,22)/t15-/m0/s1. The van der Waals surface area contributed by atoms with Crippen LogP contribution in [0, 0.1) is 11.3 Å². The Bertz CT molecular complexity index is 799. The first-order valence-electron chi connectivity index (χ1n) is 8.07. The first kappa shape index (κ1) is 15.9. The van der Waals surface area contributed by atoms with E-state index in [1.54, 1.807) is 0 Å². The molecule has 0 amide bonds. The number of H-pyrrole nitrogens is 1. The van der Waals surface area contributed by atoms with Crippen LogP contribution in [0.2, 0.25) is 0 Å². The molecular weight excluding hydrogens is 304 g/mol. The van der Waals surface area contributed by atoms with E-state index < -0.39 is 0 Å². The fourth-order valence-corrected chi connectivity index (χ4v) is 3.01. The number of nitriles is 1. The van der Waals surface area contributed by atoms with Gasteiger partial charge >= 0.3 is 0 Å². The number of hydrogen-bond acceptors (Lipinski definition) is 5. The lowest BCUT2D eigenvalue weighted by Crippen LogP contribution is -2.21. The van der Waals surface area contributed by atoms with Crippen LogP contribution in [0.4, 0.5) is 0 Å². The second-order valence-electron chi connectivity index (χ2n) is 5.60. The van der Waals surface area contributed by atoms with E-state index in [0.717, 1.165) is 35.4 Å². The van der Waals surface area contributed by atoms with E-state index in [-0.39, 0.29) is 11.8 Å². The highest BCUT2D eigenvalue weighted by Gasteiger charge is 2.34. The van der Waals surface area contributed by atoms with E-state index in [1.165, 1.54) is 0 Å². The largest absolute Gasteiger partial charge is 0.494 e. The third kappa shape index (κ3) is 2.69. The summed E-state index contributed by atoms with van der Waals surface area (Å²) < 4.78 is 11.0. The average molecular weight is 324 g/mol. The van der Waals surface area contributed by atoms with Crippen LogP contribution in [-0.2, 0) is 6.42 Å². The number of nitrogens with zero attached hydrogens (tertiary/aromatic N) is 2. The Labute approximate surface area is 140 Å². The zero-order chi connectivity index (χ0) is 17.1. The number of nitrogens with two attached hydrogens (primary N) is 1. The maximum Gasteiger partial charge on any atom is 0.244 e. The molecule has 6 nitrogen and oxygen atoms in total. The molecule has 0 fully saturated rings. The molecule has 6 heteroatoms. The molecule has 1 aliphatic heterocycles. The van der Waals surface area contributed by atoms with Crippen molar-refractivity contribution in [1.29, 1.82) is 5.26 Å². The first-order valence-corrected chi connectivity index (χ1v) is 8.07. The number of allylic oxidation sites excluding steroid dienone is 1. The average Bonchev–Trinajstić information content (AvgIpc) is 2.97. The topological polar surface area (TPSA) is 97.0 Å². The number of nitrogens with one attached hydrogen (secondary N) is 1. The van der Waals surface area contributed by atoms with Crippen LogP contribution in [-0.4, -0.2) is 16.8 Å².